The lowest BCUT2D eigenvalue weighted by atomic mass is 10.1. The summed E-state index contributed by atoms with van der Waals surface area (Å²) in [6.07, 6.45) is 2.11. The van der Waals surface area contributed by atoms with Crippen LogP contribution < -0.4 is 10.1 Å². The molecule has 0 radical (unpaired) electrons. The summed E-state index contributed by atoms with van der Waals surface area (Å²) in [4.78, 5) is 0. The van der Waals surface area contributed by atoms with Crippen molar-refractivity contribution in [1.29, 1.82) is 0 Å². The fourth-order valence-electron chi connectivity index (χ4n) is 2.11. The molecule has 3 heteroatoms. The van der Waals surface area contributed by atoms with Gasteiger partial charge in [0, 0.05) is 12.1 Å². The number of methoxy groups -OCH3 is 1. The van der Waals surface area contributed by atoms with Gasteiger partial charge in [0.25, 0.3) is 0 Å². The second kappa shape index (κ2) is 7.20. The molecule has 0 spiro atoms. The number of anilines is 1. The second-order valence-corrected chi connectivity index (χ2v) is 5.32. The van der Waals surface area contributed by atoms with Crippen LogP contribution in [0.5, 0.6) is 5.75 Å². The van der Waals surface area contributed by atoms with E-state index < -0.39 is 0 Å². The van der Waals surface area contributed by atoms with Gasteiger partial charge < -0.3 is 10.1 Å². The zero-order chi connectivity index (χ0) is 14.4. The quantitative estimate of drug-likeness (QED) is 0.826. The van der Waals surface area contributed by atoms with E-state index in [4.69, 9.17) is 16.3 Å². The van der Waals surface area contributed by atoms with Crippen LogP contribution in [-0.4, -0.2) is 13.2 Å². The molecule has 1 unspecified atom stereocenters. The summed E-state index contributed by atoms with van der Waals surface area (Å²) >= 11 is 6.20. The van der Waals surface area contributed by atoms with Crippen molar-refractivity contribution >= 4 is 17.3 Å². The van der Waals surface area contributed by atoms with Crippen LogP contribution >= 0.6 is 11.6 Å². The average molecular weight is 290 g/mol. The zero-order valence-electron chi connectivity index (χ0n) is 11.9. The summed E-state index contributed by atoms with van der Waals surface area (Å²) in [6.45, 7) is 2.17. The van der Waals surface area contributed by atoms with Crippen molar-refractivity contribution < 1.29 is 4.74 Å². The van der Waals surface area contributed by atoms with E-state index in [1.54, 1.807) is 7.11 Å². The smallest absolute Gasteiger partial charge is 0.121 e. The third-order valence-corrected chi connectivity index (χ3v) is 3.61. The predicted molar refractivity (Wildman–Crippen MR) is 85.9 cm³/mol. The minimum Gasteiger partial charge on any atom is -0.497 e. The topological polar surface area (TPSA) is 21.3 Å². The molecule has 20 heavy (non-hydrogen) atoms. The van der Waals surface area contributed by atoms with Gasteiger partial charge in [0.15, 0.2) is 0 Å². The van der Waals surface area contributed by atoms with E-state index in [0.29, 0.717) is 6.04 Å². The highest BCUT2D eigenvalue weighted by Crippen LogP contribution is 2.27. The summed E-state index contributed by atoms with van der Waals surface area (Å²) < 4.78 is 5.22. The predicted octanol–water partition coefficient (Wildman–Crippen LogP) is 4.78. The molecule has 0 fully saturated rings. The third-order valence-electron chi connectivity index (χ3n) is 3.28. The van der Waals surface area contributed by atoms with Crippen molar-refractivity contribution in [3.63, 3.8) is 0 Å². The molecule has 2 aromatic rings. The van der Waals surface area contributed by atoms with Gasteiger partial charge in [-0.2, -0.15) is 0 Å². The Hall–Kier alpha value is -1.67. The van der Waals surface area contributed by atoms with Crippen LogP contribution in [0.2, 0.25) is 5.02 Å². The van der Waals surface area contributed by atoms with Gasteiger partial charge in [-0.25, -0.2) is 0 Å². The van der Waals surface area contributed by atoms with Gasteiger partial charge in [-0.1, -0.05) is 41.9 Å². The van der Waals surface area contributed by atoms with Crippen molar-refractivity contribution in [2.24, 2.45) is 0 Å². The largest absolute Gasteiger partial charge is 0.497 e. The van der Waals surface area contributed by atoms with Crippen molar-refractivity contribution in [3.05, 3.63) is 59.1 Å². The van der Waals surface area contributed by atoms with Gasteiger partial charge in [0.2, 0.25) is 0 Å². The number of benzene rings is 2. The Morgan fingerprint density at radius 3 is 2.60 bits per heavy atom. The summed E-state index contributed by atoms with van der Waals surface area (Å²) in [7, 11) is 1.66. The van der Waals surface area contributed by atoms with Gasteiger partial charge in [0.05, 0.1) is 17.8 Å². The van der Waals surface area contributed by atoms with Crippen LogP contribution in [-0.2, 0) is 6.42 Å². The number of nitrogens with one attached hydrogen (secondary N) is 1. The highest BCUT2D eigenvalue weighted by atomic mass is 35.5. The molecule has 0 saturated carbocycles. The molecule has 0 bridgehead atoms. The lowest BCUT2D eigenvalue weighted by molar-refractivity contribution is 0.415. The molecule has 0 amide bonds. The van der Waals surface area contributed by atoms with Crippen LogP contribution in [0.15, 0.2) is 48.5 Å². The maximum absolute atomic E-state index is 6.20. The van der Waals surface area contributed by atoms with Gasteiger partial charge in [-0.05, 0) is 37.5 Å². The van der Waals surface area contributed by atoms with E-state index in [1.165, 1.54) is 5.56 Å². The Morgan fingerprint density at radius 1 is 1.15 bits per heavy atom. The second-order valence-electron chi connectivity index (χ2n) is 4.92. The number of rotatable bonds is 6. The average Bonchev–Trinajstić information content (AvgIpc) is 2.48. The molecule has 0 heterocycles. The van der Waals surface area contributed by atoms with Gasteiger partial charge in [-0.3, -0.25) is 0 Å². The van der Waals surface area contributed by atoms with Crippen LogP contribution in [0.4, 0.5) is 5.69 Å². The Bertz CT molecular complexity index is 542. The number of halogens is 1. The molecular formula is C17H20ClNO. The highest BCUT2D eigenvalue weighted by Gasteiger charge is 2.07. The fourth-order valence-corrected chi connectivity index (χ4v) is 2.28. The normalized spacial score (nSPS) is 11.9. The molecule has 0 aliphatic rings. The first-order valence-corrected chi connectivity index (χ1v) is 7.21. The van der Waals surface area contributed by atoms with Crippen molar-refractivity contribution in [2.75, 3.05) is 12.4 Å². The van der Waals surface area contributed by atoms with Crippen molar-refractivity contribution in [2.45, 2.75) is 25.8 Å². The van der Waals surface area contributed by atoms with E-state index in [2.05, 4.69) is 36.5 Å². The first kappa shape index (κ1) is 14.7. The summed E-state index contributed by atoms with van der Waals surface area (Å²) in [5, 5.41) is 4.16. The van der Waals surface area contributed by atoms with Crippen molar-refractivity contribution in [1.82, 2.24) is 0 Å². The van der Waals surface area contributed by atoms with Crippen LogP contribution in [0.1, 0.15) is 18.9 Å². The lowest BCUT2D eigenvalue weighted by Gasteiger charge is -2.17. The monoisotopic (exact) mass is 289 g/mol. The van der Waals surface area contributed by atoms with E-state index in [1.807, 2.05) is 24.3 Å². The lowest BCUT2D eigenvalue weighted by Crippen LogP contribution is -2.16. The Kier molecular flexibility index (Phi) is 5.31. The number of ether oxygens (including phenoxy) is 1. The molecule has 0 aliphatic carbocycles. The van der Waals surface area contributed by atoms with Crippen LogP contribution in [0, 0.1) is 0 Å². The summed E-state index contributed by atoms with van der Waals surface area (Å²) in [6, 6.07) is 16.5. The van der Waals surface area contributed by atoms with E-state index in [9.17, 15) is 0 Å². The maximum Gasteiger partial charge on any atom is 0.121 e. The molecule has 2 nitrogen and oxygen atoms in total. The van der Waals surface area contributed by atoms with Gasteiger partial charge in [-0.15, -0.1) is 0 Å². The Labute approximate surface area is 125 Å². The van der Waals surface area contributed by atoms with E-state index in [0.717, 1.165) is 29.3 Å². The fraction of sp³-hybridized carbons (Fsp3) is 0.294. The Morgan fingerprint density at radius 2 is 1.90 bits per heavy atom. The molecule has 106 valence electrons. The molecule has 0 saturated heterocycles. The zero-order valence-corrected chi connectivity index (χ0v) is 12.7. The molecule has 0 aromatic heterocycles. The Balaban J connectivity index is 1.92. The van der Waals surface area contributed by atoms with E-state index >= 15 is 0 Å². The number of hydrogen-bond acceptors (Lipinski definition) is 2. The molecule has 0 aliphatic heterocycles. The molecule has 1 N–H and O–H groups in total. The first-order chi connectivity index (χ1) is 9.69. The van der Waals surface area contributed by atoms with Gasteiger partial charge >= 0.3 is 0 Å². The molecule has 2 rings (SSSR count). The highest BCUT2D eigenvalue weighted by molar-refractivity contribution is 6.33. The molecular weight excluding hydrogens is 270 g/mol. The molecule has 2 aromatic carbocycles. The van der Waals surface area contributed by atoms with Crippen LogP contribution in [0.3, 0.4) is 0 Å². The minimum absolute atomic E-state index is 0.347. The van der Waals surface area contributed by atoms with Gasteiger partial charge in [0.1, 0.15) is 5.75 Å². The summed E-state index contributed by atoms with van der Waals surface area (Å²) in [5.74, 6) is 0.812. The molecule has 1 atom stereocenters. The van der Waals surface area contributed by atoms with E-state index in [-0.39, 0.29) is 0 Å². The number of aryl methyl sites for hydroxylation is 1. The first-order valence-electron chi connectivity index (χ1n) is 6.83. The SMILES string of the molecule is COc1ccc(Cl)c(NC(C)CCc2ccccc2)c1. The maximum atomic E-state index is 6.20. The summed E-state index contributed by atoms with van der Waals surface area (Å²) in [5.41, 5.74) is 2.28. The third kappa shape index (κ3) is 4.17. The van der Waals surface area contributed by atoms with Crippen LogP contribution in [0.25, 0.3) is 0 Å². The standard InChI is InChI=1S/C17H20ClNO/c1-13(8-9-14-6-4-3-5-7-14)19-17-12-15(20-2)10-11-16(17)18/h3-7,10-13,19H,8-9H2,1-2H3. The number of hydrogen-bond donors (Lipinski definition) is 1. The minimum atomic E-state index is 0.347. The van der Waals surface area contributed by atoms with Crippen molar-refractivity contribution in [3.8, 4) is 5.75 Å².